The zero-order chi connectivity index (χ0) is 14.2. The molecule has 1 aliphatic rings. The highest BCUT2D eigenvalue weighted by atomic mass is 32.2. The monoisotopic (exact) mass is 294 g/mol. The van der Waals surface area contributed by atoms with Crippen molar-refractivity contribution < 1.29 is 12.8 Å². The van der Waals surface area contributed by atoms with Gasteiger partial charge in [-0.15, -0.1) is 0 Å². The van der Waals surface area contributed by atoms with E-state index in [0.29, 0.717) is 25.2 Å². The van der Waals surface area contributed by atoms with E-state index in [1.165, 1.54) is 28.6 Å². The summed E-state index contributed by atoms with van der Waals surface area (Å²) in [5, 5.41) is 0. The summed E-state index contributed by atoms with van der Waals surface area (Å²) < 4.78 is 41.2. The number of hydrogen-bond donors (Lipinski definition) is 0. The molecule has 0 aliphatic carbocycles. The molecule has 4 nitrogen and oxygen atoms in total. The Balaban J connectivity index is 1.77. The van der Waals surface area contributed by atoms with Crippen LogP contribution in [-0.2, 0) is 28.9 Å². The van der Waals surface area contributed by atoms with Crippen LogP contribution in [0.2, 0.25) is 0 Å². The second-order valence-electron chi connectivity index (χ2n) is 4.91. The molecule has 6 heteroatoms. The molecule has 0 bridgehead atoms. The Bertz CT molecular complexity index is 707. The largest absolute Gasteiger partial charge is 0.349 e. The summed E-state index contributed by atoms with van der Waals surface area (Å²) in [7, 11) is -3.37. The summed E-state index contributed by atoms with van der Waals surface area (Å²) in [5.74, 6) is -0.449. The molecule has 0 saturated carbocycles. The van der Waals surface area contributed by atoms with Crippen molar-refractivity contribution in [3.05, 3.63) is 59.7 Å². The summed E-state index contributed by atoms with van der Waals surface area (Å²) in [5.41, 5.74) is 1.60. The molecule has 1 aromatic carbocycles. The van der Waals surface area contributed by atoms with Gasteiger partial charge in [-0.05, 0) is 29.8 Å². The molecule has 0 N–H and O–H groups in total. The van der Waals surface area contributed by atoms with E-state index in [9.17, 15) is 12.8 Å². The van der Waals surface area contributed by atoms with Crippen LogP contribution in [0.1, 0.15) is 11.3 Å². The second kappa shape index (κ2) is 5.03. The number of hydrogen-bond acceptors (Lipinski definition) is 2. The van der Waals surface area contributed by atoms with Crippen LogP contribution >= 0.6 is 0 Å². The molecule has 0 unspecified atom stereocenters. The lowest BCUT2D eigenvalue weighted by molar-refractivity contribution is 0.341. The fourth-order valence-electron chi connectivity index (χ4n) is 2.41. The first-order valence-electron chi connectivity index (χ1n) is 6.41. The molecule has 0 fully saturated rings. The van der Waals surface area contributed by atoms with E-state index in [4.69, 9.17) is 0 Å². The van der Waals surface area contributed by atoms with Crippen molar-refractivity contribution in [2.45, 2.75) is 18.8 Å². The van der Waals surface area contributed by atoms with Crippen molar-refractivity contribution >= 4 is 10.0 Å². The van der Waals surface area contributed by atoms with Crippen LogP contribution in [0.4, 0.5) is 4.39 Å². The molecular formula is C14H15FN2O2S. The van der Waals surface area contributed by atoms with Gasteiger partial charge in [-0.1, -0.05) is 12.1 Å². The number of nitrogens with zero attached hydrogens (tertiary/aromatic N) is 2. The van der Waals surface area contributed by atoms with E-state index < -0.39 is 10.0 Å². The van der Waals surface area contributed by atoms with Crippen LogP contribution in [0, 0.1) is 5.82 Å². The van der Waals surface area contributed by atoms with Crippen LogP contribution in [0.15, 0.2) is 42.6 Å². The van der Waals surface area contributed by atoms with Crippen molar-refractivity contribution in [2.75, 3.05) is 6.54 Å². The van der Waals surface area contributed by atoms with Gasteiger partial charge in [0.2, 0.25) is 10.0 Å². The standard InChI is InChI=1S/C14H15FN2O2S/c15-13-5-3-12(4-6-13)11-20(18,19)17-9-8-16-7-1-2-14(16)10-17/h1-7H,8-11H2. The lowest BCUT2D eigenvalue weighted by Crippen LogP contribution is -2.38. The number of benzene rings is 1. The van der Waals surface area contributed by atoms with E-state index in [1.807, 2.05) is 18.3 Å². The Hall–Kier alpha value is -1.66. The van der Waals surface area contributed by atoms with Gasteiger partial charge in [0.25, 0.3) is 0 Å². The fourth-order valence-corrected chi connectivity index (χ4v) is 3.90. The minimum Gasteiger partial charge on any atom is -0.349 e. The van der Waals surface area contributed by atoms with E-state index in [-0.39, 0.29) is 11.6 Å². The molecule has 106 valence electrons. The average molecular weight is 294 g/mol. The first kappa shape index (κ1) is 13.3. The minimum absolute atomic E-state index is 0.0893. The fraction of sp³-hybridized carbons (Fsp3) is 0.286. The zero-order valence-electron chi connectivity index (χ0n) is 10.9. The molecule has 0 atom stereocenters. The highest BCUT2D eigenvalue weighted by molar-refractivity contribution is 7.88. The molecule has 0 saturated heterocycles. The van der Waals surface area contributed by atoms with Crippen LogP contribution in [0.3, 0.4) is 0 Å². The first-order chi connectivity index (χ1) is 9.54. The van der Waals surface area contributed by atoms with E-state index in [2.05, 4.69) is 4.57 Å². The topological polar surface area (TPSA) is 42.3 Å². The van der Waals surface area contributed by atoms with Gasteiger partial charge < -0.3 is 4.57 Å². The van der Waals surface area contributed by atoms with Crippen molar-refractivity contribution in [2.24, 2.45) is 0 Å². The van der Waals surface area contributed by atoms with Gasteiger partial charge in [0, 0.05) is 25.0 Å². The Kier molecular flexibility index (Phi) is 3.35. The molecule has 2 heterocycles. The van der Waals surface area contributed by atoms with Gasteiger partial charge in [-0.3, -0.25) is 0 Å². The molecule has 0 spiro atoms. The van der Waals surface area contributed by atoms with Gasteiger partial charge in [0.15, 0.2) is 0 Å². The summed E-state index contributed by atoms with van der Waals surface area (Å²) >= 11 is 0. The van der Waals surface area contributed by atoms with E-state index >= 15 is 0 Å². The van der Waals surface area contributed by atoms with Crippen molar-refractivity contribution in [3.63, 3.8) is 0 Å². The van der Waals surface area contributed by atoms with Crippen molar-refractivity contribution in [1.82, 2.24) is 8.87 Å². The van der Waals surface area contributed by atoms with Gasteiger partial charge in [-0.2, -0.15) is 4.31 Å². The number of fused-ring (bicyclic) bond motifs is 1. The summed E-state index contributed by atoms with van der Waals surface area (Å²) in [6.07, 6.45) is 1.96. The SMILES string of the molecule is O=S(=O)(Cc1ccc(F)cc1)N1CCn2cccc2C1. The highest BCUT2D eigenvalue weighted by Gasteiger charge is 2.26. The lowest BCUT2D eigenvalue weighted by Gasteiger charge is -2.27. The van der Waals surface area contributed by atoms with Crippen LogP contribution in [-0.4, -0.2) is 23.8 Å². The summed E-state index contributed by atoms with van der Waals surface area (Å²) in [6, 6.07) is 9.45. The smallest absolute Gasteiger partial charge is 0.218 e. The molecule has 20 heavy (non-hydrogen) atoms. The zero-order valence-corrected chi connectivity index (χ0v) is 11.7. The molecule has 3 rings (SSSR count). The lowest BCUT2D eigenvalue weighted by atomic mass is 10.2. The van der Waals surface area contributed by atoms with Crippen molar-refractivity contribution in [1.29, 1.82) is 0 Å². The van der Waals surface area contributed by atoms with Gasteiger partial charge >= 0.3 is 0 Å². The third-order valence-corrected chi connectivity index (χ3v) is 5.30. The molecule has 1 aromatic heterocycles. The molecule has 0 radical (unpaired) electrons. The van der Waals surface area contributed by atoms with Gasteiger partial charge in [0.1, 0.15) is 5.82 Å². The number of rotatable bonds is 3. The van der Waals surface area contributed by atoms with Gasteiger partial charge in [-0.25, -0.2) is 12.8 Å². The normalized spacial score (nSPS) is 16.1. The molecule has 0 amide bonds. The Morgan fingerprint density at radius 3 is 2.60 bits per heavy atom. The van der Waals surface area contributed by atoms with E-state index in [1.54, 1.807) is 0 Å². The predicted molar refractivity (Wildman–Crippen MR) is 73.9 cm³/mol. The third-order valence-electron chi connectivity index (χ3n) is 3.51. The van der Waals surface area contributed by atoms with Crippen molar-refractivity contribution in [3.8, 4) is 0 Å². The Morgan fingerprint density at radius 1 is 1.10 bits per heavy atom. The maximum absolute atomic E-state index is 12.8. The first-order valence-corrected chi connectivity index (χ1v) is 8.02. The maximum Gasteiger partial charge on any atom is 0.218 e. The molecule has 1 aliphatic heterocycles. The highest BCUT2D eigenvalue weighted by Crippen LogP contribution is 2.19. The maximum atomic E-state index is 12.8. The minimum atomic E-state index is -3.37. The third kappa shape index (κ3) is 2.62. The number of halogens is 1. The average Bonchev–Trinajstić information content (AvgIpc) is 2.88. The summed E-state index contributed by atoms with van der Waals surface area (Å²) in [4.78, 5) is 0. The Labute approximate surface area is 117 Å². The van der Waals surface area contributed by atoms with E-state index in [0.717, 1.165) is 5.69 Å². The van der Waals surface area contributed by atoms with Gasteiger partial charge in [0.05, 0.1) is 12.3 Å². The molecule has 2 aromatic rings. The number of sulfonamides is 1. The quantitative estimate of drug-likeness (QED) is 0.868. The molecular weight excluding hydrogens is 279 g/mol. The Morgan fingerprint density at radius 2 is 1.85 bits per heavy atom. The summed E-state index contributed by atoms with van der Waals surface area (Å²) in [6.45, 7) is 1.55. The number of aromatic nitrogens is 1. The predicted octanol–water partition coefficient (Wildman–Crippen LogP) is 1.97. The second-order valence-corrected chi connectivity index (χ2v) is 6.88. The van der Waals surface area contributed by atoms with Crippen LogP contribution in [0.5, 0.6) is 0 Å². The van der Waals surface area contributed by atoms with Crippen LogP contribution in [0.25, 0.3) is 0 Å². The van der Waals surface area contributed by atoms with Crippen LogP contribution < -0.4 is 0 Å².